The molecule has 4 heteroatoms. The highest BCUT2D eigenvalue weighted by Gasteiger charge is 2.23. The highest BCUT2D eigenvalue weighted by molar-refractivity contribution is 6.01. The molecule has 0 heterocycles. The number of nitrogens with one attached hydrogen (secondary N) is 1. The molecular formula is C13H17NO3. The average molecular weight is 235 g/mol. The molecule has 1 rings (SSSR count). The summed E-state index contributed by atoms with van der Waals surface area (Å²) >= 11 is 0. The van der Waals surface area contributed by atoms with Crippen LogP contribution in [0.1, 0.15) is 30.6 Å². The zero-order chi connectivity index (χ0) is 12.8. The van der Waals surface area contributed by atoms with Crippen LogP contribution in [0.5, 0.6) is 0 Å². The van der Waals surface area contributed by atoms with Crippen molar-refractivity contribution in [2.75, 3.05) is 0 Å². The van der Waals surface area contributed by atoms with Crippen LogP contribution in [0.25, 0.3) is 0 Å². The lowest BCUT2D eigenvalue weighted by Gasteiger charge is -2.18. The summed E-state index contributed by atoms with van der Waals surface area (Å²) in [6.45, 7) is 3.76. The van der Waals surface area contributed by atoms with Crippen molar-refractivity contribution in [1.29, 1.82) is 0 Å². The van der Waals surface area contributed by atoms with Crippen LogP contribution in [-0.4, -0.2) is 28.9 Å². The monoisotopic (exact) mass is 235 g/mol. The number of ketones is 1. The summed E-state index contributed by atoms with van der Waals surface area (Å²) in [7, 11) is 0. The third kappa shape index (κ3) is 4.36. The molecule has 0 spiro atoms. The van der Waals surface area contributed by atoms with Crippen molar-refractivity contribution in [1.82, 2.24) is 5.32 Å². The number of benzene rings is 1. The maximum atomic E-state index is 12.1. The minimum atomic E-state index is -0.979. The maximum absolute atomic E-state index is 12.1. The Morgan fingerprint density at radius 1 is 1.24 bits per heavy atom. The molecule has 0 bridgehead atoms. The first kappa shape index (κ1) is 13.4. The van der Waals surface area contributed by atoms with E-state index in [0.29, 0.717) is 5.56 Å². The predicted molar refractivity (Wildman–Crippen MR) is 65.1 cm³/mol. The first-order valence-corrected chi connectivity index (χ1v) is 5.58. The fourth-order valence-corrected chi connectivity index (χ4v) is 1.61. The Hall–Kier alpha value is -1.68. The van der Waals surface area contributed by atoms with E-state index < -0.39 is 12.0 Å². The van der Waals surface area contributed by atoms with Gasteiger partial charge in [0.2, 0.25) is 0 Å². The van der Waals surface area contributed by atoms with Gasteiger partial charge in [0, 0.05) is 11.6 Å². The second kappa shape index (κ2) is 6.15. The summed E-state index contributed by atoms with van der Waals surface area (Å²) in [6, 6.07) is 8.12. The Morgan fingerprint density at radius 3 is 2.29 bits per heavy atom. The standard InChI is InChI=1S/C13H17NO3/c1-9(2)14-11(8-12(15)16)13(17)10-6-4-3-5-7-10/h3-7,9,11,14H,8H2,1-2H3,(H,15,16). The summed E-state index contributed by atoms with van der Waals surface area (Å²) in [6.07, 6.45) is -0.202. The predicted octanol–water partition coefficient (Wildman–Crippen LogP) is 1.71. The third-order valence-electron chi connectivity index (χ3n) is 2.29. The van der Waals surface area contributed by atoms with E-state index in [1.54, 1.807) is 24.3 Å². The van der Waals surface area contributed by atoms with Crippen LogP contribution in [0, 0.1) is 0 Å². The second-order valence-electron chi connectivity index (χ2n) is 4.20. The summed E-state index contributed by atoms with van der Waals surface area (Å²) in [5.41, 5.74) is 0.534. The van der Waals surface area contributed by atoms with Gasteiger partial charge in [0.15, 0.2) is 5.78 Å². The molecule has 92 valence electrons. The minimum absolute atomic E-state index is 0.0620. The largest absolute Gasteiger partial charge is 0.481 e. The van der Waals surface area contributed by atoms with E-state index in [1.807, 2.05) is 19.9 Å². The second-order valence-corrected chi connectivity index (χ2v) is 4.20. The van der Waals surface area contributed by atoms with Gasteiger partial charge in [-0.25, -0.2) is 0 Å². The van der Waals surface area contributed by atoms with Crippen molar-refractivity contribution in [2.24, 2.45) is 0 Å². The number of carbonyl (C=O) groups is 2. The molecule has 0 aliphatic carbocycles. The smallest absolute Gasteiger partial charge is 0.305 e. The number of hydrogen-bond donors (Lipinski definition) is 2. The van der Waals surface area contributed by atoms with Gasteiger partial charge < -0.3 is 10.4 Å². The van der Waals surface area contributed by atoms with E-state index >= 15 is 0 Å². The Morgan fingerprint density at radius 2 is 1.82 bits per heavy atom. The van der Waals surface area contributed by atoms with Crippen LogP contribution in [0.4, 0.5) is 0 Å². The Balaban J connectivity index is 2.82. The number of carboxylic acid groups (broad SMARTS) is 1. The lowest BCUT2D eigenvalue weighted by atomic mass is 10.0. The van der Waals surface area contributed by atoms with Crippen molar-refractivity contribution >= 4 is 11.8 Å². The first-order chi connectivity index (χ1) is 8.00. The zero-order valence-electron chi connectivity index (χ0n) is 10.0. The van der Waals surface area contributed by atoms with Crippen molar-refractivity contribution in [3.05, 3.63) is 35.9 Å². The van der Waals surface area contributed by atoms with Gasteiger partial charge in [0.05, 0.1) is 12.5 Å². The zero-order valence-corrected chi connectivity index (χ0v) is 10.0. The molecular weight excluding hydrogens is 218 g/mol. The van der Waals surface area contributed by atoms with E-state index in [-0.39, 0.29) is 18.2 Å². The summed E-state index contributed by atoms with van der Waals surface area (Å²) in [4.78, 5) is 22.8. The molecule has 0 saturated carbocycles. The molecule has 0 aliphatic heterocycles. The molecule has 0 fully saturated rings. The van der Waals surface area contributed by atoms with Crippen LogP contribution >= 0.6 is 0 Å². The molecule has 1 unspecified atom stereocenters. The normalized spacial score (nSPS) is 12.4. The SMILES string of the molecule is CC(C)NC(CC(=O)O)C(=O)c1ccccc1. The summed E-state index contributed by atoms with van der Waals surface area (Å²) in [5.74, 6) is -1.16. The number of aliphatic carboxylic acids is 1. The summed E-state index contributed by atoms with van der Waals surface area (Å²) in [5, 5.41) is 11.8. The van der Waals surface area contributed by atoms with Gasteiger partial charge >= 0.3 is 5.97 Å². The number of Topliss-reactive ketones (excluding diaryl/α,β-unsaturated/α-hetero) is 1. The Kier molecular flexibility index (Phi) is 4.84. The van der Waals surface area contributed by atoms with E-state index in [0.717, 1.165) is 0 Å². The van der Waals surface area contributed by atoms with Crippen LogP contribution < -0.4 is 5.32 Å². The van der Waals surface area contributed by atoms with Crippen molar-refractivity contribution in [3.63, 3.8) is 0 Å². The molecule has 2 N–H and O–H groups in total. The number of carbonyl (C=O) groups excluding carboxylic acids is 1. The highest BCUT2D eigenvalue weighted by Crippen LogP contribution is 2.07. The molecule has 0 radical (unpaired) electrons. The van der Waals surface area contributed by atoms with Crippen LogP contribution in [-0.2, 0) is 4.79 Å². The molecule has 1 aromatic carbocycles. The molecule has 0 aliphatic rings. The quantitative estimate of drug-likeness (QED) is 0.737. The van der Waals surface area contributed by atoms with Crippen LogP contribution in [0.2, 0.25) is 0 Å². The first-order valence-electron chi connectivity index (χ1n) is 5.58. The van der Waals surface area contributed by atoms with Gasteiger partial charge in [0.1, 0.15) is 0 Å². The van der Waals surface area contributed by atoms with Crippen molar-refractivity contribution in [2.45, 2.75) is 32.4 Å². The van der Waals surface area contributed by atoms with Gasteiger partial charge in [0.25, 0.3) is 0 Å². The molecule has 0 aromatic heterocycles. The number of hydrogen-bond acceptors (Lipinski definition) is 3. The van der Waals surface area contributed by atoms with Gasteiger partial charge in [-0.2, -0.15) is 0 Å². The van der Waals surface area contributed by atoms with Crippen LogP contribution in [0.3, 0.4) is 0 Å². The van der Waals surface area contributed by atoms with Gasteiger partial charge in [-0.15, -0.1) is 0 Å². The van der Waals surface area contributed by atoms with E-state index in [4.69, 9.17) is 5.11 Å². The molecule has 4 nitrogen and oxygen atoms in total. The van der Waals surface area contributed by atoms with Gasteiger partial charge in [-0.3, -0.25) is 9.59 Å². The van der Waals surface area contributed by atoms with Gasteiger partial charge in [-0.1, -0.05) is 44.2 Å². The number of carboxylic acids is 1. The molecule has 0 amide bonds. The average Bonchev–Trinajstić information content (AvgIpc) is 2.27. The van der Waals surface area contributed by atoms with Crippen LogP contribution in [0.15, 0.2) is 30.3 Å². The molecule has 0 saturated heterocycles. The van der Waals surface area contributed by atoms with E-state index in [9.17, 15) is 9.59 Å². The topological polar surface area (TPSA) is 66.4 Å². The lowest BCUT2D eigenvalue weighted by Crippen LogP contribution is -2.42. The van der Waals surface area contributed by atoms with Crippen molar-refractivity contribution < 1.29 is 14.7 Å². The third-order valence-corrected chi connectivity index (χ3v) is 2.29. The number of rotatable bonds is 6. The lowest BCUT2D eigenvalue weighted by molar-refractivity contribution is -0.137. The minimum Gasteiger partial charge on any atom is -0.481 e. The van der Waals surface area contributed by atoms with Crippen molar-refractivity contribution in [3.8, 4) is 0 Å². The highest BCUT2D eigenvalue weighted by atomic mass is 16.4. The Bertz CT molecular complexity index is 387. The van der Waals surface area contributed by atoms with E-state index in [2.05, 4.69) is 5.32 Å². The van der Waals surface area contributed by atoms with Gasteiger partial charge in [-0.05, 0) is 0 Å². The summed E-state index contributed by atoms with van der Waals surface area (Å²) < 4.78 is 0. The molecule has 1 atom stereocenters. The maximum Gasteiger partial charge on any atom is 0.305 e. The fraction of sp³-hybridized carbons (Fsp3) is 0.385. The van der Waals surface area contributed by atoms with E-state index in [1.165, 1.54) is 0 Å². The fourth-order valence-electron chi connectivity index (χ4n) is 1.61. The molecule has 1 aromatic rings. The Labute approximate surface area is 101 Å². The molecule has 17 heavy (non-hydrogen) atoms.